The van der Waals surface area contributed by atoms with Crippen LogP contribution in [0.15, 0.2) is 24.3 Å². The van der Waals surface area contributed by atoms with Gasteiger partial charge in [0, 0.05) is 25.3 Å². The molecule has 0 aliphatic carbocycles. The van der Waals surface area contributed by atoms with Gasteiger partial charge in [-0.25, -0.2) is 9.59 Å². The van der Waals surface area contributed by atoms with Gasteiger partial charge in [0.2, 0.25) is 0 Å². The van der Waals surface area contributed by atoms with Crippen LogP contribution >= 0.6 is 0 Å². The number of nitrogens with zero attached hydrogens (tertiary/aromatic N) is 2. The van der Waals surface area contributed by atoms with E-state index in [-0.39, 0.29) is 12.3 Å². The number of aliphatic carboxylic acids is 1. The number of urea groups is 1. The van der Waals surface area contributed by atoms with Crippen molar-refractivity contribution in [3.05, 3.63) is 24.3 Å². The topological polar surface area (TPSA) is 81.1 Å². The van der Waals surface area contributed by atoms with E-state index in [0.717, 1.165) is 0 Å². The Balaban J connectivity index is 3.06. The van der Waals surface area contributed by atoms with Crippen LogP contribution in [-0.4, -0.2) is 46.2 Å². The average molecular weight is 280 g/mol. The minimum atomic E-state index is -1.31. The van der Waals surface area contributed by atoms with Crippen LogP contribution in [0, 0.1) is 0 Å². The first-order valence-corrected chi connectivity index (χ1v) is 6.29. The van der Waals surface area contributed by atoms with E-state index >= 15 is 0 Å². The van der Waals surface area contributed by atoms with E-state index in [2.05, 4.69) is 0 Å². The summed E-state index contributed by atoms with van der Waals surface area (Å²) in [6.07, 6.45) is 0. The summed E-state index contributed by atoms with van der Waals surface area (Å²) >= 11 is 0. The molecule has 0 saturated carbocycles. The molecule has 0 spiro atoms. The van der Waals surface area contributed by atoms with E-state index in [1.54, 1.807) is 19.1 Å². The first-order chi connectivity index (χ1) is 9.21. The largest absolute Gasteiger partial charge is 0.508 e. The summed E-state index contributed by atoms with van der Waals surface area (Å²) in [7, 11) is 1.54. The maximum absolute atomic E-state index is 12.4. The molecule has 110 valence electrons. The number of hydrogen-bond acceptors (Lipinski definition) is 3. The first kappa shape index (κ1) is 15.8. The number of hydrogen-bond donors (Lipinski definition) is 2. The lowest BCUT2D eigenvalue weighted by Gasteiger charge is -2.36. The Morgan fingerprint density at radius 2 is 1.90 bits per heavy atom. The molecule has 0 fully saturated rings. The van der Waals surface area contributed by atoms with Crippen molar-refractivity contribution < 1.29 is 19.8 Å². The van der Waals surface area contributed by atoms with E-state index in [0.29, 0.717) is 5.69 Å². The third-order valence-corrected chi connectivity index (χ3v) is 3.25. The van der Waals surface area contributed by atoms with Crippen molar-refractivity contribution in [3.63, 3.8) is 0 Å². The van der Waals surface area contributed by atoms with Crippen LogP contribution in [-0.2, 0) is 4.79 Å². The Hall–Kier alpha value is -2.24. The number of benzene rings is 1. The van der Waals surface area contributed by atoms with E-state index < -0.39 is 17.5 Å². The summed E-state index contributed by atoms with van der Waals surface area (Å²) in [5, 5.41) is 18.7. The van der Waals surface area contributed by atoms with Gasteiger partial charge in [-0.1, -0.05) is 6.07 Å². The Kier molecular flexibility index (Phi) is 4.60. The van der Waals surface area contributed by atoms with Crippen LogP contribution in [0.5, 0.6) is 5.75 Å². The molecule has 1 aromatic carbocycles. The number of amides is 2. The molecular formula is C14H20N2O4. The van der Waals surface area contributed by atoms with Crippen molar-refractivity contribution in [3.8, 4) is 5.75 Å². The first-order valence-electron chi connectivity index (χ1n) is 6.29. The highest BCUT2D eigenvalue weighted by atomic mass is 16.4. The van der Waals surface area contributed by atoms with E-state index in [1.807, 2.05) is 0 Å². The van der Waals surface area contributed by atoms with Gasteiger partial charge in [0.25, 0.3) is 0 Å². The molecule has 2 amide bonds. The zero-order valence-electron chi connectivity index (χ0n) is 12.1. The summed E-state index contributed by atoms with van der Waals surface area (Å²) in [4.78, 5) is 26.3. The minimum absolute atomic E-state index is 0.0442. The van der Waals surface area contributed by atoms with Gasteiger partial charge in [-0.15, -0.1) is 0 Å². The average Bonchev–Trinajstić information content (AvgIpc) is 2.38. The molecule has 1 rings (SSSR count). The standard InChI is InChI=1S/C14H20N2O4/c1-5-16(14(2,3)12(18)19)13(20)15(4)10-7-6-8-11(17)9-10/h6-9,17H,5H2,1-4H3,(H,18,19). The van der Waals surface area contributed by atoms with Gasteiger partial charge in [-0.3, -0.25) is 4.90 Å². The smallest absolute Gasteiger partial charge is 0.329 e. The third-order valence-electron chi connectivity index (χ3n) is 3.25. The number of carbonyl (C=O) groups excluding carboxylic acids is 1. The van der Waals surface area contributed by atoms with Gasteiger partial charge in [0.1, 0.15) is 11.3 Å². The highest BCUT2D eigenvalue weighted by molar-refractivity contribution is 5.95. The molecular weight excluding hydrogens is 260 g/mol. The third kappa shape index (κ3) is 3.01. The highest BCUT2D eigenvalue weighted by Crippen LogP contribution is 2.23. The van der Waals surface area contributed by atoms with E-state index in [9.17, 15) is 19.8 Å². The molecule has 6 heteroatoms. The van der Waals surface area contributed by atoms with Crippen molar-refractivity contribution >= 4 is 17.7 Å². The highest BCUT2D eigenvalue weighted by Gasteiger charge is 2.38. The van der Waals surface area contributed by atoms with E-state index in [4.69, 9.17) is 0 Å². The molecule has 0 aliphatic rings. The number of carboxylic acid groups (broad SMARTS) is 1. The Morgan fingerprint density at radius 1 is 1.30 bits per heavy atom. The summed E-state index contributed by atoms with van der Waals surface area (Å²) in [6.45, 7) is 4.94. The predicted molar refractivity (Wildman–Crippen MR) is 76.0 cm³/mol. The molecule has 1 aromatic rings. The van der Waals surface area contributed by atoms with Gasteiger partial charge in [0.15, 0.2) is 0 Å². The second kappa shape index (κ2) is 5.81. The lowest BCUT2D eigenvalue weighted by atomic mass is 10.0. The van der Waals surface area contributed by atoms with Crippen LogP contribution in [0.2, 0.25) is 0 Å². The molecule has 0 bridgehead atoms. The van der Waals surface area contributed by atoms with Gasteiger partial charge >= 0.3 is 12.0 Å². The van der Waals surface area contributed by atoms with Crippen molar-refractivity contribution in [2.45, 2.75) is 26.3 Å². The lowest BCUT2D eigenvalue weighted by molar-refractivity contribution is -0.147. The number of phenols is 1. The Labute approximate surface area is 118 Å². The van der Waals surface area contributed by atoms with Crippen molar-refractivity contribution in [1.29, 1.82) is 0 Å². The fourth-order valence-corrected chi connectivity index (χ4v) is 1.88. The second-order valence-electron chi connectivity index (χ2n) is 4.97. The normalized spacial score (nSPS) is 11.0. The molecule has 0 heterocycles. The molecule has 0 atom stereocenters. The van der Waals surface area contributed by atoms with Gasteiger partial charge in [-0.2, -0.15) is 0 Å². The zero-order valence-corrected chi connectivity index (χ0v) is 12.1. The van der Waals surface area contributed by atoms with Crippen LogP contribution in [0.4, 0.5) is 10.5 Å². The molecule has 6 nitrogen and oxygen atoms in total. The van der Waals surface area contributed by atoms with Crippen molar-refractivity contribution in [2.24, 2.45) is 0 Å². The number of anilines is 1. The Bertz CT molecular complexity index is 514. The maximum atomic E-state index is 12.4. The molecule has 20 heavy (non-hydrogen) atoms. The summed E-state index contributed by atoms with van der Waals surface area (Å²) in [5.74, 6) is -1.03. The van der Waals surface area contributed by atoms with Crippen molar-refractivity contribution in [2.75, 3.05) is 18.5 Å². The summed E-state index contributed by atoms with van der Waals surface area (Å²) in [6, 6.07) is 5.79. The quantitative estimate of drug-likeness (QED) is 0.885. The van der Waals surface area contributed by atoms with Crippen molar-refractivity contribution in [1.82, 2.24) is 4.90 Å². The lowest BCUT2D eigenvalue weighted by Crippen LogP contribution is -2.56. The van der Waals surface area contributed by atoms with Gasteiger partial charge in [-0.05, 0) is 32.9 Å². The SMILES string of the molecule is CCN(C(=O)N(C)c1cccc(O)c1)C(C)(C)C(=O)O. The zero-order chi connectivity index (χ0) is 15.5. The fourth-order valence-electron chi connectivity index (χ4n) is 1.88. The van der Waals surface area contributed by atoms with Crippen LogP contribution < -0.4 is 4.90 Å². The number of aromatic hydroxyl groups is 1. The van der Waals surface area contributed by atoms with Gasteiger partial charge < -0.3 is 15.1 Å². The molecule has 2 N–H and O–H groups in total. The summed E-state index contributed by atoms with van der Waals surface area (Å²) in [5.41, 5.74) is -0.814. The molecule has 0 aliphatic heterocycles. The monoisotopic (exact) mass is 280 g/mol. The van der Waals surface area contributed by atoms with Crippen LogP contribution in [0.25, 0.3) is 0 Å². The predicted octanol–water partition coefficient (Wildman–Crippen LogP) is 2.13. The molecule has 0 radical (unpaired) electrons. The summed E-state index contributed by atoms with van der Waals surface area (Å²) < 4.78 is 0. The molecule has 0 unspecified atom stereocenters. The second-order valence-corrected chi connectivity index (χ2v) is 4.97. The minimum Gasteiger partial charge on any atom is -0.508 e. The fraction of sp³-hybridized carbons (Fsp3) is 0.429. The number of rotatable bonds is 4. The number of phenolic OH excluding ortho intramolecular Hbond substituents is 1. The number of carboxylic acids is 1. The maximum Gasteiger partial charge on any atom is 0.329 e. The van der Waals surface area contributed by atoms with E-state index in [1.165, 1.54) is 42.8 Å². The molecule has 0 aromatic heterocycles. The Morgan fingerprint density at radius 3 is 2.35 bits per heavy atom. The van der Waals surface area contributed by atoms with Gasteiger partial charge in [0.05, 0.1) is 0 Å². The van der Waals surface area contributed by atoms with Crippen LogP contribution in [0.3, 0.4) is 0 Å². The number of likely N-dealkylation sites (N-methyl/N-ethyl adjacent to an activating group) is 1. The number of carbonyl (C=O) groups is 2. The molecule has 0 saturated heterocycles. The van der Waals surface area contributed by atoms with Crippen LogP contribution in [0.1, 0.15) is 20.8 Å².